The van der Waals surface area contributed by atoms with Gasteiger partial charge in [-0.25, -0.2) is 0 Å². The highest BCUT2D eigenvalue weighted by atomic mass is 16.4. The highest BCUT2D eigenvalue weighted by molar-refractivity contribution is 5.77. The van der Waals surface area contributed by atoms with Crippen LogP contribution in [0.3, 0.4) is 0 Å². The van der Waals surface area contributed by atoms with Gasteiger partial charge in [0, 0.05) is 57.6 Å². The summed E-state index contributed by atoms with van der Waals surface area (Å²) in [4.78, 5) is 32.1. The summed E-state index contributed by atoms with van der Waals surface area (Å²) in [5.41, 5.74) is 2.46. The second-order valence-corrected chi connectivity index (χ2v) is 11.2. The van der Waals surface area contributed by atoms with Crippen molar-refractivity contribution in [2.75, 3.05) is 39.3 Å². The third-order valence-electron chi connectivity index (χ3n) is 8.73. The normalized spacial score (nSPS) is 21.3. The summed E-state index contributed by atoms with van der Waals surface area (Å²) in [6.45, 7) is 7.04. The van der Waals surface area contributed by atoms with Crippen molar-refractivity contribution < 1.29 is 19.1 Å². The highest BCUT2D eigenvalue weighted by Gasteiger charge is 2.42. The van der Waals surface area contributed by atoms with E-state index in [2.05, 4.69) is 58.0 Å². The van der Waals surface area contributed by atoms with E-state index in [9.17, 15) is 14.7 Å². The first-order chi connectivity index (χ1) is 19.5. The maximum atomic E-state index is 13.1. The number of aryl methyl sites for hydroxylation is 1. The van der Waals surface area contributed by atoms with Gasteiger partial charge in [0.25, 0.3) is 0 Å². The Bertz CT molecular complexity index is 1210. The molecule has 0 saturated carbocycles. The van der Waals surface area contributed by atoms with Gasteiger partial charge in [-0.3, -0.25) is 14.5 Å². The molecule has 1 amide bonds. The molecule has 7 nitrogen and oxygen atoms in total. The number of nitrogens with zero attached hydrogens (tertiary/aromatic N) is 3. The predicted octanol–water partition coefficient (Wildman–Crippen LogP) is 5.07. The first-order valence-electron chi connectivity index (χ1n) is 14.6. The van der Waals surface area contributed by atoms with Crippen LogP contribution in [-0.4, -0.2) is 77.0 Å². The molecule has 2 aliphatic heterocycles. The molecule has 5 rings (SSSR count). The molecule has 2 aromatic carbocycles. The number of hydrogen-bond acceptors (Lipinski definition) is 5. The summed E-state index contributed by atoms with van der Waals surface area (Å²) in [5, 5.41) is 10.1. The zero-order valence-electron chi connectivity index (χ0n) is 23.4. The molecule has 2 aliphatic rings. The number of carbonyl (C=O) groups excluding carboxylic acids is 1. The van der Waals surface area contributed by atoms with Gasteiger partial charge in [-0.05, 0) is 55.4 Å². The first kappa shape index (κ1) is 28.1. The number of carbonyl (C=O) groups is 2. The van der Waals surface area contributed by atoms with Crippen LogP contribution in [0.2, 0.25) is 0 Å². The number of likely N-dealkylation sites (tertiary alicyclic amines) is 2. The average molecular weight is 544 g/mol. The van der Waals surface area contributed by atoms with Gasteiger partial charge < -0.3 is 19.3 Å². The lowest BCUT2D eigenvalue weighted by Crippen LogP contribution is -2.48. The molecule has 40 heavy (non-hydrogen) atoms. The lowest BCUT2D eigenvalue weighted by molar-refractivity contribution is -0.144. The molecule has 3 aromatic rings. The second kappa shape index (κ2) is 13.3. The Labute approximate surface area is 237 Å². The second-order valence-electron chi connectivity index (χ2n) is 11.2. The van der Waals surface area contributed by atoms with Gasteiger partial charge >= 0.3 is 5.97 Å². The standard InChI is InChI=1S/C33H41N3O4/c1-2-36(31(37)16-15-25-10-5-3-6-11-25)28-17-19-34(20-18-28)22-27-23-35(24-29(27)26-12-7-4-8-13-26)32(33(38)39)30-14-9-21-40-30/h3-14,21,27-29,32H,2,15-20,22-24H2,1H3,(H,38,39)/t27-,29+,32?/m0/s1. The van der Waals surface area contributed by atoms with E-state index < -0.39 is 12.0 Å². The third-order valence-corrected chi connectivity index (χ3v) is 8.73. The maximum Gasteiger partial charge on any atom is 0.328 e. The van der Waals surface area contributed by atoms with E-state index in [1.54, 1.807) is 18.4 Å². The van der Waals surface area contributed by atoms with E-state index in [1.165, 1.54) is 11.1 Å². The van der Waals surface area contributed by atoms with E-state index in [4.69, 9.17) is 4.42 Å². The van der Waals surface area contributed by atoms with Gasteiger partial charge in [0.2, 0.25) is 5.91 Å². The molecular formula is C33H41N3O4. The molecule has 1 unspecified atom stereocenters. The molecule has 0 aliphatic carbocycles. The Morgan fingerprint density at radius 3 is 2.30 bits per heavy atom. The van der Waals surface area contributed by atoms with E-state index in [0.29, 0.717) is 31.2 Å². The van der Waals surface area contributed by atoms with E-state index >= 15 is 0 Å². The topological polar surface area (TPSA) is 77.2 Å². The predicted molar refractivity (Wildman–Crippen MR) is 155 cm³/mol. The fourth-order valence-electron chi connectivity index (χ4n) is 6.71. The molecule has 1 aromatic heterocycles. The monoisotopic (exact) mass is 543 g/mol. The molecule has 0 spiro atoms. The summed E-state index contributed by atoms with van der Waals surface area (Å²) in [6, 6.07) is 23.7. The summed E-state index contributed by atoms with van der Waals surface area (Å²) in [5.74, 6) is 0.420. The number of rotatable bonds is 11. The van der Waals surface area contributed by atoms with Crippen LogP contribution in [0.4, 0.5) is 0 Å². The van der Waals surface area contributed by atoms with Gasteiger partial charge in [-0.2, -0.15) is 0 Å². The number of furan rings is 1. The van der Waals surface area contributed by atoms with Crippen molar-refractivity contribution >= 4 is 11.9 Å². The number of benzene rings is 2. The zero-order valence-corrected chi connectivity index (χ0v) is 23.4. The highest BCUT2D eigenvalue weighted by Crippen LogP contribution is 2.38. The number of carboxylic acids is 1. The summed E-state index contributed by atoms with van der Waals surface area (Å²) >= 11 is 0. The maximum absolute atomic E-state index is 13.1. The van der Waals surface area contributed by atoms with Gasteiger partial charge in [0.15, 0.2) is 6.04 Å². The number of carboxylic acid groups (broad SMARTS) is 1. The van der Waals surface area contributed by atoms with Crippen molar-refractivity contribution in [2.24, 2.45) is 5.92 Å². The molecule has 0 bridgehead atoms. The number of amides is 1. The van der Waals surface area contributed by atoms with Gasteiger partial charge in [-0.1, -0.05) is 60.7 Å². The molecule has 1 N–H and O–H groups in total. The van der Waals surface area contributed by atoms with Crippen LogP contribution in [0.1, 0.15) is 55.0 Å². The number of aliphatic carboxylic acids is 1. The first-order valence-corrected chi connectivity index (χ1v) is 14.6. The SMILES string of the molecule is CCN(C(=O)CCc1ccccc1)C1CCN(C[C@H]2CN(C(C(=O)O)c3ccco3)C[C@@H]2c2ccccc2)CC1. The van der Waals surface area contributed by atoms with Crippen molar-refractivity contribution in [1.29, 1.82) is 0 Å². The van der Waals surface area contributed by atoms with Crippen LogP contribution in [0.5, 0.6) is 0 Å². The molecule has 7 heteroatoms. The Morgan fingerprint density at radius 1 is 0.975 bits per heavy atom. The fourth-order valence-corrected chi connectivity index (χ4v) is 6.71. The van der Waals surface area contributed by atoms with Crippen LogP contribution in [-0.2, 0) is 16.0 Å². The summed E-state index contributed by atoms with van der Waals surface area (Å²) in [6.07, 6.45) is 4.82. The van der Waals surface area contributed by atoms with Gasteiger partial charge in [0.05, 0.1) is 6.26 Å². The molecular weight excluding hydrogens is 502 g/mol. The minimum Gasteiger partial charge on any atom is -0.480 e. The largest absolute Gasteiger partial charge is 0.480 e. The molecule has 3 atom stereocenters. The van der Waals surface area contributed by atoms with E-state index in [1.807, 2.05) is 24.3 Å². The van der Waals surface area contributed by atoms with Gasteiger partial charge in [0.1, 0.15) is 5.76 Å². The quantitative estimate of drug-likeness (QED) is 0.364. The number of piperidine rings is 1. The minimum atomic E-state index is -0.875. The van der Waals surface area contributed by atoms with Gasteiger partial charge in [-0.15, -0.1) is 0 Å². The average Bonchev–Trinajstić information content (AvgIpc) is 3.65. The molecule has 2 fully saturated rings. The Kier molecular flexibility index (Phi) is 9.34. The Balaban J connectivity index is 1.21. The van der Waals surface area contributed by atoms with Crippen LogP contribution in [0.15, 0.2) is 83.5 Å². The molecule has 2 saturated heterocycles. The van der Waals surface area contributed by atoms with Crippen LogP contribution < -0.4 is 0 Å². The zero-order chi connectivity index (χ0) is 27.9. The lowest BCUT2D eigenvalue weighted by Gasteiger charge is -2.39. The molecule has 3 heterocycles. The summed E-state index contributed by atoms with van der Waals surface area (Å²) in [7, 11) is 0. The number of hydrogen-bond donors (Lipinski definition) is 1. The molecule has 212 valence electrons. The van der Waals surface area contributed by atoms with Crippen LogP contribution in [0.25, 0.3) is 0 Å². The smallest absolute Gasteiger partial charge is 0.328 e. The van der Waals surface area contributed by atoms with E-state index in [0.717, 1.165) is 45.4 Å². The minimum absolute atomic E-state index is 0.248. The van der Waals surface area contributed by atoms with Crippen LogP contribution in [0, 0.1) is 5.92 Å². The Hall–Kier alpha value is -3.42. The summed E-state index contributed by atoms with van der Waals surface area (Å²) < 4.78 is 5.54. The van der Waals surface area contributed by atoms with Crippen molar-refractivity contribution in [3.8, 4) is 0 Å². The van der Waals surface area contributed by atoms with Crippen molar-refractivity contribution in [3.63, 3.8) is 0 Å². The molecule has 0 radical (unpaired) electrons. The van der Waals surface area contributed by atoms with Crippen LogP contribution >= 0.6 is 0 Å². The van der Waals surface area contributed by atoms with Crippen molar-refractivity contribution in [2.45, 2.75) is 50.6 Å². The third kappa shape index (κ3) is 6.65. The van der Waals surface area contributed by atoms with Crippen molar-refractivity contribution in [1.82, 2.24) is 14.7 Å². The van der Waals surface area contributed by atoms with E-state index in [-0.39, 0.29) is 17.9 Å². The Morgan fingerprint density at radius 2 is 1.68 bits per heavy atom. The fraction of sp³-hybridized carbons (Fsp3) is 0.455. The lowest BCUT2D eigenvalue weighted by atomic mass is 9.88. The van der Waals surface area contributed by atoms with Crippen molar-refractivity contribution in [3.05, 3.63) is 95.9 Å².